The number of aromatic nitrogens is 1. The smallest absolute Gasteiger partial charge is 0.197 e. The molecule has 0 bridgehead atoms. The maximum absolute atomic E-state index is 5.59. The monoisotopic (exact) mass is 268 g/mol. The minimum absolute atomic E-state index is 0.103. The van der Waals surface area contributed by atoms with E-state index in [4.69, 9.17) is 13.9 Å². The number of rotatable bonds is 7. The number of oxazole rings is 1. The zero-order valence-corrected chi connectivity index (χ0v) is 11.9. The van der Waals surface area contributed by atoms with Crippen LogP contribution in [0.25, 0.3) is 0 Å². The molecule has 19 heavy (non-hydrogen) atoms. The van der Waals surface area contributed by atoms with Crippen LogP contribution in [0.3, 0.4) is 0 Å². The Kier molecular flexibility index (Phi) is 5.82. The van der Waals surface area contributed by atoms with Crippen molar-refractivity contribution in [1.82, 2.24) is 9.88 Å². The van der Waals surface area contributed by atoms with Crippen molar-refractivity contribution in [3.8, 4) is 0 Å². The Morgan fingerprint density at radius 1 is 1.32 bits per heavy atom. The second-order valence-corrected chi connectivity index (χ2v) is 4.79. The van der Waals surface area contributed by atoms with Crippen molar-refractivity contribution >= 4 is 0 Å². The van der Waals surface area contributed by atoms with Crippen LogP contribution in [0.1, 0.15) is 38.5 Å². The summed E-state index contributed by atoms with van der Waals surface area (Å²) in [4.78, 5) is 6.65. The Labute approximate surface area is 114 Å². The van der Waals surface area contributed by atoms with Crippen LogP contribution in [0, 0.1) is 0 Å². The Bertz CT molecular complexity index is 328. The molecule has 0 aliphatic carbocycles. The molecule has 0 N–H and O–H groups in total. The van der Waals surface area contributed by atoms with E-state index in [-0.39, 0.29) is 6.29 Å². The van der Waals surface area contributed by atoms with E-state index in [9.17, 15) is 0 Å². The van der Waals surface area contributed by atoms with Gasteiger partial charge >= 0.3 is 0 Å². The lowest BCUT2D eigenvalue weighted by atomic mass is 9.97. The summed E-state index contributed by atoms with van der Waals surface area (Å²) in [6.07, 6.45) is 5.45. The summed E-state index contributed by atoms with van der Waals surface area (Å²) in [5.74, 6) is 1.34. The first kappa shape index (κ1) is 14.5. The van der Waals surface area contributed by atoms with E-state index in [2.05, 4.69) is 9.88 Å². The first-order valence-electron chi connectivity index (χ1n) is 7.18. The van der Waals surface area contributed by atoms with Gasteiger partial charge in [-0.3, -0.25) is 4.90 Å². The van der Waals surface area contributed by atoms with Gasteiger partial charge in [-0.2, -0.15) is 0 Å². The molecule has 108 valence electrons. The molecule has 1 saturated heterocycles. The van der Waals surface area contributed by atoms with Gasteiger partial charge in [-0.05, 0) is 39.8 Å². The molecule has 0 radical (unpaired) electrons. The van der Waals surface area contributed by atoms with Crippen molar-refractivity contribution in [2.24, 2.45) is 0 Å². The molecular formula is C14H24N2O3. The number of ether oxygens (including phenoxy) is 2. The lowest BCUT2D eigenvalue weighted by molar-refractivity contribution is -0.148. The van der Waals surface area contributed by atoms with Gasteiger partial charge in [0.15, 0.2) is 12.2 Å². The topological polar surface area (TPSA) is 47.7 Å². The molecule has 0 aromatic carbocycles. The largest absolute Gasteiger partial charge is 0.449 e. The molecule has 5 heteroatoms. The highest BCUT2D eigenvalue weighted by atomic mass is 16.7. The first-order chi connectivity index (χ1) is 9.33. The SMILES string of the molecule is CCOC(CN1CCC(c2ncco2)CC1)OCC. The predicted octanol–water partition coefficient (Wildman–Crippen LogP) is 2.25. The highest BCUT2D eigenvalue weighted by Crippen LogP contribution is 2.26. The highest BCUT2D eigenvalue weighted by molar-refractivity contribution is 4.94. The summed E-state index contributed by atoms with van der Waals surface area (Å²) in [5.41, 5.74) is 0. The maximum atomic E-state index is 5.59. The average molecular weight is 268 g/mol. The number of piperidine rings is 1. The average Bonchev–Trinajstić information content (AvgIpc) is 2.94. The number of nitrogens with zero attached hydrogens (tertiary/aromatic N) is 2. The van der Waals surface area contributed by atoms with Crippen molar-refractivity contribution in [3.05, 3.63) is 18.4 Å². The minimum atomic E-state index is -0.103. The molecule has 2 rings (SSSR count). The van der Waals surface area contributed by atoms with E-state index >= 15 is 0 Å². The molecule has 0 atom stereocenters. The van der Waals surface area contributed by atoms with Crippen LogP contribution in [0.4, 0.5) is 0 Å². The molecule has 0 spiro atoms. The van der Waals surface area contributed by atoms with Crippen molar-refractivity contribution in [1.29, 1.82) is 0 Å². The van der Waals surface area contributed by atoms with Gasteiger partial charge in [0.2, 0.25) is 0 Å². The summed E-state index contributed by atoms with van der Waals surface area (Å²) in [6, 6.07) is 0. The number of likely N-dealkylation sites (tertiary alicyclic amines) is 1. The molecule has 5 nitrogen and oxygen atoms in total. The molecule has 0 unspecified atom stereocenters. The van der Waals surface area contributed by atoms with Gasteiger partial charge in [0.1, 0.15) is 6.26 Å². The Morgan fingerprint density at radius 2 is 2.00 bits per heavy atom. The molecule has 1 aromatic rings. The second-order valence-electron chi connectivity index (χ2n) is 4.79. The van der Waals surface area contributed by atoms with Crippen LogP contribution in [0.15, 0.2) is 16.9 Å². The fourth-order valence-electron chi connectivity index (χ4n) is 2.53. The van der Waals surface area contributed by atoms with Crippen LogP contribution in [0.5, 0.6) is 0 Å². The van der Waals surface area contributed by atoms with Crippen LogP contribution in [-0.2, 0) is 9.47 Å². The van der Waals surface area contributed by atoms with E-state index in [0.29, 0.717) is 19.1 Å². The van der Waals surface area contributed by atoms with Gasteiger partial charge in [-0.1, -0.05) is 0 Å². The predicted molar refractivity (Wildman–Crippen MR) is 72.0 cm³/mol. The Morgan fingerprint density at radius 3 is 2.53 bits per heavy atom. The van der Waals surface area contributed by atoms with Crippen molar-refractivity contribution in [2.75, 3.05) is 32.8 Å². The standard InChI is InChI=1S/C14H24N2O3/c1-3-17-13(18-4-2)11-16-8-5-12(6-9-16)14-15-7-10-19-14/h7,10,12-13H,3-6,8-9,11H2,1-2H3. The van der Waals surface area contributed by atoms with Gasteiger partial charge in [-0.15, -0.1) is 0 Å². The lowest BCUT2D eigenvalue weighted by Crippen LogP contribution is -2.40. The minimum Gasteiger partial charge on any atom is -0.449 e. The molecule has 1 fully saturated rings. The van der Waals surface area contributed by atoms with E-state index in [1.54, 1.807) is 12.5 Å². The van der Waals surface area contributed by atoms with Crippen molar-refractivity contribution in [3.63, 3.8) is 0 Å². The van der Waals surface area contributed by atoms with Crippen LogP contribution in [0.2, 0.25) is 0 Å². The van der Waals surface area contributed by atoms with Gasteiger partial charge < -0.3 is 13.9 Å². The van der Waals surface area contributed by atoms with Crippen LogP contribution < -0.4 is 0 Å². The normalized spacial score (nSPS) is 18.3. The molecule has 1 aliphatic rings. The highest BCUT2D eigenvalue weighted by Gasteiger charge is 2.25. The first-order valence-corrected chi connectivity index (χ1v) is 7.18. The zero-order chi connectivity index (χ0) is 13.5. The summed E-state index contributed by atoms with van der Waals surface area (Å²) in [5, 5.41) is 0. The van der Waals surface area contributed by atoms with E-state index in [1.807, 2.05) is 13.8 Å². The maximum Gasteiger partial charge on any atom is 0.197 e. The molecule has 2 heterocycles. The van der Waals surface area contributed by atoms with Gasteiger partial charge in [0, 0.05) is 25.7 Å². The van der Waals surface area contributed by atoms with E-state index in [0.717, 1.165) is 38.4 Å². The van der Waals surface area contributed by atoms with Gasteiger partial charge in [0.05, 0.1) is 6.20 Å². The number of hydrogen-bond acceptors (Lipinski definition) is 5. The second kappa shape index (κ2) is 7.62. The molecule has 0 amide bonds. The third kappa shape index (κ3) is 4.30. The van der Waals surface area contributed by atoms with E-state index < -0.39 is 0 Å². The fraction of sp³-hybridized carbons (Fsp3) is 0.786. The Hall–Kier alpha value is -0.910. The van der Waals surface area contributed by atoms with Gasteiger partial charge in [-0.25, -0.2) is 4.98 Å². The summed E-state index contributed by atoms with van der Waals surface area (Å²) in [6.45, 7) is 8.32. The van der Waals surface area contributed by atoms with Crippen molar-refractivity contribution < 1.29 is 13.9 Å². The summed E-state index contributed by atoms with van der Waals surface area (Å²) in [7, 11) is 0. The van der Waals surface area contributed by atoms with Crippen LogP contribution in [-0.4, -0.2) is 49.0 Å². The quantitative estimate of drug-likeness (QED) is 0.710. The summed E-state index contributed by atoms with van der Waals surface area (Å²) < 4.78 is 16.6. The Balaban J connectivity index is 1.76. The summed E-state index contributed by atoms with van der Waals surface area (Å²) >= 11 is 0. The van der Waals surface area contributed by atoms with E-state index in [1.165, 1.54) is 0 Å². The van der Waals surface area contributed by atoms with Crippen LogP contribution >= 0.6 is 0 Å². The molecule has 0 saturated carbocycles. The molecular weight excluding hydrogens is 244 g/mol. The third-order valence-corrected chi connectivity index (χ3v) is 3.50. The molecule has 1 aliphatic heterocycles. The fourth-order valence-corrected chi connectivity index (χ4v) is 2.53. The number of hydrogen-bond donors (Lipinski definition) is 0. The third-order valence-electron chi connectivity index (χ3n) is 3.50. The zero-order valence-electron chi connectivity index (χ0n) is 11.9. The van der Waals surface area contributed by atoms with Gasteiger partial charge in [0.25, 0.3) is 0 Å². The van der Waals surface area contributed by atoms with Crippen molar-refractivity contribution in [2.45, 2.75) is 38.9 Å². The molecule has 1 aromatic heterocycles. The lowest BCUT2D eigenvalue weighted by Gasteiger charge is -2.32.